The first kappa shape index (κ1) is 30.5. The van der Waals surface area contributed by atoms with E-state index in [9.17, 15) is 26.8 Å². The summed E-state index contributed by atoms with van der Waals surface area (Å²) in [7, 11) is -3.46. The zero-order chi connectivity index (χ0) is 31.6. The second kappa shape index (κ2) is 12.3. The first-order valence-electron chi connectivity index (χ1n) is 13.3. The number of hydrogen-bond acceptors (Lipinski definition) is 8. The maximum Gasteiger partial charge on any atom is 0.267 e. The lowest BCUT2D eigenvalue weighted by molar-refractivity contribution is -0.126. The minimum Gasteiger partial charge on any atom is -0.480 e. The van der Waals surface area contributed by atoms with E-state index in [1.165, 1.54) is 38.4 Å². The molecule has 1 N–H and O–H groups in total. The number of methoxy groups -OCH3 is 1. The fourth-order valence-corrected chi connectivity index (χ4v) is 6.07. The van der Waals surface area contributed by atoms with E-state index in [0.29, 0.717) is 48.2 Å². The van der Waals surface area contributed by atoms with Crippen molar-refractivity contribution in [3.63, 3.8) is 0 Å². The topological polar surface area (TPSA) is 122 Å². The van der Waals surface area contributed by atoms with E-state index in [1.807, 2.05) is 0 Å². The number of benzene rings is 2. The predicted molar refractivity (Wildman–Crippen MR) is 157 cm³/mol. The number of ketones is 1. The molecule has 0 atom stereocenters. The summed E-state index contributed by atoms with van der Waals surface area (Å²) in [6.07, 6.45) is 4.95. The van der Waals surface area contributed by atoms with Crippen LogP contribution in [-0.4, -0.2) is 68.3 Å². The van der Waals surface area contributed by atoms with Crippen LogP contribution < -0.4 is 14.4 Å². The Labute approximate surface area is 250 Å². The van der Waals surface area contributed by atoms with Crippen LogP contribution in [0.15, 0.2) is 71.9 Å². The molecule has 0 saturated carbocycles. The third kappa shape index (κ3) is 6.20. The van der Waals surface area contributed by atoms with E-state index in [-0.39, 0.29) is 28.9 Å². The van der Waals surface area contributed by atoms with Crippen molar-refractivity contribution in [2.24, 2.45) is 0 Å². The number of sulfonamides is 1. The number of halogens is 3. The van der Waals surface area contributed by atoms with E-state index in [1.54, 1.807) is 28.0 Å². The molecule has 2 aromatic carbocycles. The Balaban J connectivity index is 1.48. The van der Waals surface area contributed by atoms with Crippen LogP contribution >= 0.6 is 0 Å². The Bertz CT molecular complexity index is 1890. The smallest absolute Gasteiger partial charge is 0.267 e. The van der Waals surface area contributed by atoms with Crippen LogP contribution in [-0.2, 0) is 19.6 Å². The molecule has 0 spiro atoms. The average Bonchev–Trinajstić information content (AvgIpc) is 2.99. The molecule has 2 aromatic heterocycles. The highest BCUT2D eigenvalue weighted by Crippen LogP contribution is 2.35. The summed E-state index contributed by atoms with van der Waals surface area (Å²) in [6, 6.07) is 9.11. The minimum atomic E-state index is -4.72. The van der Waals surface area contributed by atoms with Crippen LogP contribution in [0.1, 0.15) is 6.92 Å². The molecule has 1 fully saturated rings. The molecule has 14 heteroatoms. The van der Waals surface area contributed by atoms with Gasteiger partial charge in [-0.15, -0.1) is 0 Å². The number of hydrogen-bond donors (Lipinski definition) is 1. The van der Waals surface area contributed by atoms with E-state index in [4.69, 9.17) is 4.74 Å². The molecule has 0 aliphatic carbocycles. The average molecular weight is 626 g/mol. The zero-order valence-corrected chi connectivity index (χ0v) is 24.4. The number of anilines is 2. The fourth-order valence-electron chi connectivity index (χ4n) is 4.88. The van der Waals surface area contributed by atoms with Crippen molar-refractivity contribution < 1.29 is 35.9 Å². The van der Waals surface area contributed by atoms with E-state index >= 15 is 4.39 Å². The van der Waals surface area contributed by atoms with Gasteiger partial charge in [-0.1, -0.05) is 12.1 Å². The van der Waals surface area contributed by atoms with Crippen LogP contribution in [0.2, 0.25) is 0 Å². The largest absolute Gasteiger partial charge is 0.480 e. The second-order valence-corrected chi connectivity index (χ2v) is 11.5. The predicted octanol–water partition coefficient (Wildman–Crippen LogP) is 4.32. The van der Waals surface area contributed by atoms with Crippen molar-refractivity contribution in [2.75, 3.05) is 42.9 Å². The number of nitrogens with one attached hydrogen (secondary N) is 1. The van der Waals surface area contributed by atoms with E-state index in [2.05, 4.69) is 14.7 Å². The number of ether oxygens (including phenoxy) is 1. The van der Waals surface area contributed by atoms with Gasteiger partial charge in [-0.25, -0.2) is 26.6 Å². The van der Waals surface area contributed by atoms with Gasteiger partial charge in [0, 0.05) is 49.4 Å². The summed E-state index contributed by atoms with van der Waals surface area (Å²) in [5.41, 5.74) is 1.50. The Kier molecular flexibility index (Phi) is 8.54. The summed E-state index contributed by atoms with van der Waals surface area (Å²) in [6.45, 7) is 2.60. The molecule has 1 aliphatic heterocycles. The molecule has 5 rings (SSSR count). The van der Waals surface area contributed by atoms with Crippen molar-refractivity contribution in [3.05, 3.63) is 84.5 Å². The summed E-state index contributed by atoms with van der Waals surface area (Å²) >= 11 is 0. The van der Waals surface area contributed by atoms with Crippen molar-refractivity contribution in [2.45, 2.75) is 11.8 Å². The van der Waals surface area contributed by atoms with Gasteiger partial charge in [-0.3, -0.25) is 19.3 Å². The molecule has 3 heterocycles. The van der Waals surface area contributed by atoms with Crippen LogP contribution in [0.4, 0.5) is 24.5 Å². The Morgan fingerprint density at radius 2 is 1.61 bits per heavy atom. The first-order valence-corrected chi connectivity index (χ1v) is 14.8. The Morgan fingerprint density at radius 1 is 0.909 bits per heavy atom. The highest BCUT2D eigenvalue weighted by atomic mass is 32.2. The fraction of sp³-hybridized carbons (Fsp3) is 0.200. The van der Waals surface area contributed by atoms with Gasteiger partial charge in [0.15, 0.2) is 16.5 Å². The lowest BCUT2D eigenvalue weighted by Crippen LogP contribution is -2.48. The van der Waals surface area contributed by atoms with Gasteiger partial charge < -0.3 is 14.5 Å². The van der Waals surface area contributed by atoms with Crippen LogP contribution in [0.3, 0.4) is 0 Å². The third-order valence-electron chi connectivity index (χ3n) is 6.97. The minimum absolute atomic E-state index is 0.145. The number of fused-ring (bicyclic) bond motifs is 1. The van der Waals surface area contributed by atoms with Gasteiger partial charge in [0.05, 0.1) is 24.5 Å². The molecule has 10 nitrogen and oxygen atoms in total. The highest BCUT2D eigenvalue weighted by molar-refractivity contribution is 7.92. The van der Waals surface area contributed by atoms with Crippen molar-refractivity contribution in [1.82, 2.24) is 14.9 Å². The number of aromatic nitrogens is 2. The first-order chi connectivity index (χ1) is 21.0. The number of amides is 1. The van der Waals surface area contributed by atoms with Gasteiger partial charge >= 0.3 is 0 Å². The third-order valence-corrected chi connectivity index (χ3v) is 8.39. The normalized spacial score (nSPS) is 13.8. The number of carbonyl (C=O) groups excluding carboxylic acids is 2. The number of pyridine rings is 2. The van der Waals surface area contributed by atoms with Crippen LogP contribution in [0.25, 0.3) is 22.0 Å². The van der Waals surface area contributed by atoms with Crippen LogP contribution in [0.5, 0.6) is 5.88 Å². The summed E-state index contributed by atoms with van der Waals surface area (Å²) in [5, 5.41) is 0.463. The maximum atomic E-state index is 15.3. The van der Waals surface area contributed by atoms with E-state index in [0.717, 1.165) is 24.4 Å². The summed E-state index contributed by atoms with van der Waals surface area (Å²) in [4.78, 5) is 34.1. The number of rotatable bonds is 8. The van der Waals surface area contributed by atoms with Crippen molar-refractivity contribution in [3.8, 4) is 17.0 Å². The summed E-state index contributed by atoms with van der Waals surface area (Å²) < 4.78 is 77.1. The van der Waals surface area contributed by atoms with Crippen molar-refractivity contribution in [1.29, 1.82) is 0 Å². The van der Waals surface area contributed by atoms with E-state index < -0.39 is 32.4 Å². The monoisotopic (exact) mass is 625 g/mol. The van der Waals surface area contributed by atoms with Crippen LogP contribution in [0, 0.1) is 17.5 Å². The Morgan fingerprint density at radius 3 is 2.27 bits per heavy atom. The summed E-state index contributed by atoms with van der Waals surface area (Å²) in [5.74, 6) is -3.80. The quantitative estimate of drug-likeness (QED) is 0.288. The second-order valence-electron chi connectivity index (χ2n) is 9.88. The van der Waals surface area contributed by atoms with Gasteiger partial charge in [0.25, 0.3) is 10.0 Å². The molecule has 44 heavy (non-hydrogen) atoms. The molecule has 0 radical (unpaired) electrons. The van der Waals surface area contributed by atoms with Gasteiger partial charge in [-0.2, -0.15) is 0 Å². The Hall–Kier alpha value is -4.98. The SMILES string of the molecule is COc1ncc(-c2ccc3ncc(F)c(N4CCN(C(=O)/C=C/C(C)=O)CC4)c3c2)cc1NS(=O)(=O)c1c(F)cccc1F. The molecule has 0 unspecified atom stereocenters. The standard InChI is InChI=1S/C30H26F3N5O5S/c1-18(39)6-9-27(40)37-10-12-38(13-11-37)28-21-14-19(7-8-25(21)34-17-24(28)33)20-15-26(30(43-2)35-16-20)36-44(41,42)29-22(31)4-3-5-23(29)32/h3-9,14-17,36H,10-13H2,1-2H3/b9-6+. The molecular weight excluding hydrogens is 599 g/mol. The number of allylic oxidation sites excluding steroid dienone is 1. The lowest BCUT2D eigenvalue weighted by Gasteiger charge is -2.36. The molecule has 1 aliphatic rings. The maximum absolute atomic E-state index is 15.3. The number of carbonyl (C=O) groups is 2. The van der Waals surface area contributed by atoms with Gasteiger partial charge in [0.1, 0.15) is 17.3 Å². The molecule has 0 bridgehead atoms. The molecule has 1 amide bonds. The van der Waals surface area contributed by atoms with Crippen molar-refractivity contribution >= 4 is 44.0 Å². The van der Waals surface area contributed by atoms with Gasteiger partial charge in [0.2, 0.25) is 11.8 Å². The molecule has 4 aromatic rings. The molecular formula is C30H26F3N5O5S. The molecule has 228 valence electrons. The highest BCUT2D eigenvalue weighted by Gasteiger charge is 2.27. The molecule has 1 saturated heterocycles. The number of piperazine rings is 1. The number of nitrogens with zero attached hydrogens (tertiary/aromatic N) is 4. The lowest BCUT2D eigenvalue weighted by atomic mass is 10.0. The van der Waals surface area contributed by atoms with Gasteiger partial charge in [-0.05, 0) is 48.9 Å². The zero-order valence-electron chi connectivity index (χ0n) is 23.6.